The van der Waals surface area contributed by atoms with Crippen LogP contribution >= 0.6 is 0 Å². The zero-order chi connectivity index (χ0) is 20.4. The predicted molar refractivity (Wildman–Crippen MR) is 112 cm³/mol. The van der Waals surface area contributed by atoms with Crippen LogP contribution in [0.2, 0.25) is 0 Å². The van der Waals surface area contributed by atoms with Crippen molar-refractivity contribution in [2.45, 2.75) is 19.5 Å². The molecular weight excluding hydrogens is 389 g/mol. The second-order valence-electron chi connectivity index (χ2n) is 7.49. The molecule has 1 fully saturated rings. The maximum Gasteiger partial charge on any atom is 0.152 e. The van der Waals surface area contributed by atoms with Crippen molar-refractivity contribution in [3.8, 4) is 11.1 Å². The fourth-order valence-electron chi connectivity index (χ4n) is 3.84. The summed E-state index contributed by atoms with van der Waals surface area (Å²) in [5.41, 5.74) is 4.20. The highest BCUT2D eigenvalue weighted by Crippen LogP contribution is 2.31. The van der Waals surface area contributed by atoms with Gasteiger partial charge in [0.25, 0.3) is 0 Å². The third-order valence-electron chi connectivity index (χ3n) is 5.55. The largest absolute Gasteiger partial charge is 0.326 e. The monoisotopic (exact) mass is 413 g/mol. The molecule has 0 radical (unpaired) electrons. The number of rotatable bonds is 5. The molecule has 0 spiro atoms. The van der Waals surface area contributed by atoms with E-state index in [4.69, 9.17) is 0 Å². The van der Waals surface area contributed by atoms with Gasteiger partial charge in [0.2, 0.25) is 0 Å². The van der Waals surface area contributed by atoms with Gasteiger partial charge in [0, 0.05) is 25.8 Å². The first-order valence-corrected chi connectivity index (χ1v) is 11.5. The van der Waals surface area contributed by atoms with Gasteiger partial charge in [0.15, 0.2) is 9.84 Å². The van der Waals surface area contributed by atoms with E-state index in [-0.39, 0.29) is 23.4 Å². The first-order chi connectivity index (χ1) is 13.9. The molecule has 1 aliphatic rings. The Morgan fingerprint density at radius 1 is 1.07 bits per heavy atom. The van der Waals surface area contributed by atoms with E-state index in [1.807, 2.05) is 30.7 Å². The van der Waals surface area contributed by atoms with Crippen molar-refractivity contribution in [1.82, 2.24) is 14.5 Å². The average Bonchev–Trinajstić information content (AvgIpc) is 3.18. The molecule has 0 bridgehead atoms. The Bertz CT molecular complexity index is 1080. The summed E-state index contributed by atoms with van der Waals surface area (Å²) in [6.45, 7) is 3.88. The molecule has 5 nitrogen and oxygen atoms in total. The molecule has 0 saturated carbocycles. The van der Waals surface area contributed by atoms with Crippen LogP contribution in [-0.2, 0) is 16.4 Å². The zero-order valence-electron chi connectivity index (χ0n) is 16.3. The van der Waals surface area contributed by atoms with E-state index in [1.165, 1.54) is 12.1 Å². The molecule has 0 aliphatic carbocycles. The summed E-state index contributed by atoms with van der Waals surface area (Å²) in [4.78, 5) is 6.51. The van der Waals surface area contributed by atoms with Gasteiger partial charge in [-0.2, -0.15) is 0 Å². The van der Waals surface area contributed by atoms with Crippen LogP contribution in [0.5, 0.6) is 0 Å². The Morgan fingerprint density at radius 3 is 2.48 bits per heavy atom. The standard InChI is InChI=1S/C22H24FN3O2S/c1-17(21-4-2-3-5-22(21)18-6-8-19(23)9-7-18)26-16-24-14-20(26)15-25-10-12-29(27,28)13-11-25/h2-9,14,16-17H,10-13,15H2,1H3. The quantitative estimate of drug-likeness (QED) is 0.642. The second-order valence-corrected chi connectivity index (χ2v) is 9.79. The first-order valence-electron chi connectivity index (χ1n) is 9.71. The highest BCUT2D eigenvalue weighted by Gasteiger charge is 2.23. The lowest BCUT2D eigenvalue weighted by Crippen LogP contribution is -2.40. The molecule has 7 heteroatoms. The number of hydrogen-bond acceptors (Lipinski definition) is 4. The summed E-state index contributed by atoms with van der Waals surface area (Å²) in [6.07, 6.45) is 3.67. The van der Waals surface area contributed by atoms with Crippen molar-refractivity contribution in [2.75, 3.05) is 24.6 Å². The summed E-state index contributed by atoms with van der Waals surface area (Å²) in [5.74, 6) is 0.175. The zero-order valence-corrected chi connectivity index (χ0v) is 17.1. The van der Waals surface area contributed by atoms with Crippen LogP contribution < -0.4 is 0 Å². The van der Waals surface area contributed by atoms with E-state index in [0.29, 0.717) is 19.6 Å². The van der Waals surface area contributed by atoms with Crippen LogP contribution in [0.15, 0.2) is 61.1 Å². The lowest BCUT2D eigenvalue weighted by atomic mass is 9.95. The molecule has 0 N–H and O–H groups in total. The normalized spacial score (nSPS) is 17.9. The minimum atomic E-state index is -2.89. The molecule has 2 aromatic carbocycles. The molecule has 4 rings (SSSR count). The summed E-state index contributed by atoms with van der Waals surface area (Å²) in [6, 6.07) is 14.7. The Labute approximate surface area is 170 Å². The number of halogens is 1. The third kappa shape index (κ3) is 4.41. The number of benzene rings is 2. The van der Waals surface area contributed by atoms with Crippen molar-refractivity contribution in [3.63, 3.8) is 0 Å². The van der Waals surface area contributed by atoms with E-state index in [2.05, 4.69) is 27.4 Å². The molecule has 1 atom stereocenters. The molecule has 1 unspecified atom stereocenters. The van der Waals surface area contributed by atoms with E-state index in [9.17, 15) is 12.8 Å². The Morgan fingerprint density at radius 2 is 1.76 bits per heavy atom. The van der Waals surface area contributed by atoms with Gasteiger partial charge in [-0.25, -0.2) is 17.8 Å². The minimum Gasteiger partial charge on any atom is -0.326 e. The van der Waals surface area contributed by atoms with Gasteiger partial charge in [-0.15, -0.1) is 0 Å². The van der Waals surface area contributed by atoms with Crippen LogP contribution in [0.3, 0.4) is 0 Å². The van der Waals surface area contributed by atoms with E-state index < -0.39 is 9.84 Å². The number of nitrogens with zero attached hydrogens (tertiary/aromatic N) is 3. The van der Waals surface area contributed by atoms with Crippen molar-refractivity contribution in [3.05, 3.63) is 78.1 Å². The molecule has 2 heterocycles. The molecular formula is C22H24FN3O2S. The molecule has 29 heavy (non-hydrogen) atoms. The maximum atomic E-state index is 13.4. The highest BCUT2D eigenvalue weighted by atomic mass is 32.2. The first kappa shape index (κ1) is 19.8. The van der Waals surface area contributed by atoms with Gasteiger partial charge >= 0.3 is 0 Å². The molecule has 152 valence electrons. The Balaban J connectivity index is 1.60. The number of hydrogen-bond donors (Lipinski definition) is 0. The lowest BCUT2D eigenvalue weighted by Gasteiger charge is -2.28. The van der Waals surface area contributed by atoms with E-state index in [1.54, 1.807) is 12.1 Å². The fourth-order valence-corrected chi connectivity index (χ4v) is 5.12. The molecule has 1 aromatic heterocycles. The van der Waals surface area contributed by atoms with E-state index in [0.717, 1.165) is 22.4 Å². The third-order valence-corrected chi connectivity index (χ3v) is 7.16. The summed E-state index contributed by atoms with van der Waals surface area (Å²) in [7, 11) is -2.89. The van der Waals surface area contributed by atoms with Gasteiger partial charge in [-0.3, -0.25) is 4.90 Å². The van der Waals surface area contributed by atoms with E-state index >= 15 is 0 Å². The van der Waals surface area contributed by atoms with Crippen molar-refractivity contribution < 1.29 is 12.8 Å². The van der Waals surface area contributed by atoms with Crippen molar-refractivity contribution in [1.29, 1.82) is 0 Å². The molecule has 3 aromatic rings. The Kier molecular flexibility index (Phi) is 5.52. The fraction of sp³-hybridized carbons (Fsp3) is 0.318. The second kappa shape index (κ2) is 8.08. The molecule has 1 saturated heterocycles. The summed E-state index contributed by atoms with van der Waals surface area (Å²) >= 11 is 0. The Hall–Kier alpha value is -2.51. The summed E-state index contributed by atoms with van der Waals surface area (Å²) in [5, 5.41) is 0. The highest BCUT2D eigenvalue weighted by molar-refractivity contribution is 7.91. The molecule has 1 aliphatic heterocycles. The topological polar surface area (TPSA) is 55.2 Å². The number of imidazole rings is 1. The van der Waals surface area contributed by atoms with Crippen molar-refractivity contribution >= 4 is 9.84 Å². The lowest BCUT2D eigenvalue weighted by molar-refractivity contribution is 0.279. The van der Waals surface area contributed by atoms with Crippen LogP contribution in [0.1, 0.15) is 24.2 Å². The smallest absolute Gasteiger partial charge is 0.152 e. The van der Waals surface area contributed by atoms with Crippen molar-refractivity contribution in [2.24, 2.45) is 0 Å². The number of aromatic nitrogens is 2. The van der Waals surface area contributed by atoms with Gasteiger partial charge in [0.05, 0.1) is 29.6 Å². The summed E-state index contributed by atoms with van der Waals surface area (Å²) < 4.78 is 38.9. The van der Waals surface area contributed by atoms with Crippen LogP contribution in [-0.4, -0.2) is 47.5 Å². The number of sulfone groups is 1. The average molecular weight is 414 g/mol. The predicted octanol–water partition coefficient (Wildman–Crippen LogP) is 3.53. The van der Waals surface area contributed by atoms with Crippen LogP contribution in [0, 0.1) is 5.82 Å². The van der Waals surface area contributed by atoms with Crippen LogP contribution in [0.25, 0.3) is 11.1 Å². The van der Waals surface area contributed by atoms with Gasteiger partial charge in [-0.05, 0) is 35.7 Å². The van der Waals surface area contributed by atoms with Gasteiger partial charge < -0.3 is 4.57 Å². The minimum absolute atomic E-state index is 0.0299. The van der Waals surface area contributed by atoms with Gasteiger partial charge in [0.1, 0.15) is 5.82 Å². The SMILES string of the molecule is CC(c1ccccc1-c1ccc(F)cc1)n1cncc1CN1CCS(=O)(=O)CC1. The van der Waals surface area contributed by atoms with Gasteiger partial charge in [-0.1, -0.05) is 36.4 Å². The maximum absolute atomic E-state index is 13.4. The molecule has 0 amide bonds. The van der Waals surface area contributed by atoms with Crippen LogP contribution in [0.4, 0.5) is 4.39 Å².